The van der Waals surface area contributed by atoms with Gasteiger partial charge in [0.1, 0.15) is 0 Å². The van der Waals surface area contributed by atoms with Crippen molar-refractivity contribution in [2.75, 3.05) is 13.1 Å². The maximum Gasteiger partial charge on any atom is 0.237 e. The number of nitrogens with zero attached hydrogens (tertiary/aromatic N) is 1. The van der Waals surface area contributed by atoms with Crippen LogP contribution in [0.5, 0.6) is 0 Å². The fraction of sp³-hybridized carbons (Fsp3) is 0.556. The summed E-state index contributed by atoms with van der Waals surface area (Å²) in [7, 11) is 0. The molecule has 23 heavy (non-hydrogen) atoms. The fourth-order valence-corrected chi connectivity index (χ4v) is 3.24. The molecule has 0 saturated carbocycles. The van der Waals surface area contributed by atoms with Gasteiger partial charge in [0.2, 0.25) is 11.8 Å². The van der Waals surface area contributed by atoms with Crippen molar-refractivity contribution in [3.63, 3.8) is 0 Å². The van der Waals surface area contributed by atoms with Gasteiger partial charge in [-0.3, -0.25) is 9.59 Å². The molecule has 124 valence electrons. The predicted molar refractivity (Wildman–Crippen MR) is 88.6 cm³/mol. The lowest BCUT2D eigenvalue weighted by atomic mass is 10.0. The molecule has 0 aliphatic carbocycles. The Morgan fingerprint density at radius 3 is 2.61 bits per heavy atom. The highest BCUT2D eigenvalue weighted by Gasteiger charge is 2.21. The number of hydrogen-bond donors (Lipinski definition) is 2. The number of hydrogen-bond acceptors (Lipinski definition) is 3. The van der Waals surface area contributed by atoms with E-state index in [1.807, 2.05) is 29.2 Å². The van der Waals surface area contributed by atoms with Crippen molar-refractivity contribution in [1.82, 2.24) is 15.5 Å². The topological polar surface area (TPSA) is 61.4 Å². The third kappa shape index (κ3) is 4.32. The van der Waals surface area contributed by atoms with Crippen molar-refractivity contribution in [1.29, 1.82) is 0 Å². The van der Waals surface area contributed by atoms with E-state index in [9.17, 15) is 9.59 Å². The van der Waals surface area contributed by atoms with Crippen LogP contribution in [-0.2, 0) is 22.7 Å². The average Bonchev–Trinajstić information content (AvgIpc) is 2.99. The standard InChI is InChI=1S/C18H25N3O2/c22-17-5-3-11-21(17)13-15-8-6-14(7-9-15)12-20-18(23)16-4-1-2-10-19-16/h6-9,16,19H,1-5,10-13H2,(H,20,23). The molecule has 0 spiro atoms. The minimum absolute atomic E-state index is 0.0378. The van der Waals surface area contributed by atoms with Crippen LogP contribution in [0, 0.1) is 0 Å². The Morgan fingerprint density at radius 2 is 1.96 bits per heavy atom. The molecule has 2 N–H and O–H groups in total. The first kappa shape index (κ1) is 16.0. The smallest absolute Gasteiger partial charge is 0.237 e. The van der Waals surface area contributed by atoms with Gasteiger partial charge >= 0.3 is 0 Å². The van der Waals surface area contributed by atoms with E-state index in [0.717, 1.165) is 49.9 Å². The Bertz CT molecular complexity index is 550. The maximum absolute atomic E-state index is 12.1. The summed E-state index contributed by atoms with van der Waals surface area (Å²) >= 11 is 0. The largest absolute Gasteiger partial charge is 0.351 e. The molecule has 5 nitrogen and oxygen atoms in total. The second-order valence-electron chi connectivity index (χ2n) is 6.46. The van der Waals surface area contributed by atoms with Gasteiger partial charge in [-0.15, -0.1) is 0 Å². The lowest BCUT2D eigenvalue weighted by Crippen LogP contribution is -2.46. The van der Waals surface area contributed by atoms with Crippen LogP contribution in [0.4, 0.5) is 0 Å². The van der Waals surface area contributed by atoms with Crippen LogP contribution in [-0.4, -0.2) is 35.8 Å². The third-order valence-corrected chi connectivity index (χ3v) is 4.66. The van der Waals surface area contributed by atoms with Crippen LogP contribution in [0.3, 0.4) is 0 Å². The second kappa shape index (κ2) is 7.59. The average molecular weight is 315 g/mol. The molecule has 2 aliphatic rings. The van der Waals surface area contributed by atoms with Crippen molar-refractivity contribution in [3.8, 4) is 0 Å². The van der Waals surface area contributed by atoms with E-state index >= 15 is 0 Å². The van der Waals surface area contributed by atoms with Crippen LogP contribution in [0.15, 0.2) is 24.3 Å². The highest BCUT2D eigenvalue weighted by atomic mass is 16.2. The molecule has 2 heterocycles. The monoisotopic (exact) mass is 315 g/mol. The number of benzene rings is 1. The highest BCUT2D eigenvalue weighted by molar-refractivity contribution is 5.81. The summed E-state index contributed by atoms with van der Waals surface area (Å²) < 4.78 is 0. The van der Waals surface area contributed by atoms with Crippen LogP contribution >= 0.6 is 0 Å². The van der Waals surface area contributed by atoms with Crippen LogP contribution < -0.4 is 10.6 Å². The molecule has 1 unspecified atom stereocenters. The SMILES string of the molecule is O=C(NCc1ccc(CN2CCCC2=O)cc1)C1CCCCN1. The van der Waals surface area contributed by atoms with Gasteiger partial charge in [-0.05, 0) is 36.9 Å². The molecule has 1 aromatic carbocycles. The number of likely N-dealkylation sites (tertiary alicyclic amines) is 1. The van der Waals surface area contributed by atoms with E-state index in [4.69, 9.17) is 0 Å². The van der Waals surface area contributed by atoms with Gasteiger partial charge in [-0.2, -0.15) is 0 Å². The van der Waals surface area contributed by atoms with Crippen molar-refractivity contribution in [2.45, 2.75) is 51.2 Å². The molecular weight excluding hydrogens is 290 g/mol. The van der Waals surface area contributed by atoms with Gasteiger partial charge in [-0.1, -0.05) is 30.7 Å². The van der Waals surface area contributed by atoms with E-state index < -0.39 is 0 Å². The Balaban J connectivity index is 1.47. The Labute approximate surface area is 137 Å². The summed E-state index contributed by atoms with van der Waals surface area (Å²) in [4.78, 5) is 25.6. The fourth-order valence-electron chi connectivity index (χ4n) is 3.24. The van der Waals surface area contributed by atoms with E-state index in [0.29, 0.717) is 19.5 Å². The molecule has 5 heteroatoms. The van der Waals surface area contributed by atoms with Gasteiger partial charge in [0.25, 0.3) is 0 Å². The molecule has 1 atom stereocenters. The Kier molecular flexibility index (Phi) is 5.28. The highest BCUT2D eigenvalue weighted by Crippen LogP contribution is 2.15. The molecule has 0 radical (unpaired) electrons. The first-order valence-corrected chi connectivity index (χ1v) is 8.59. The summed E-state index contributed by atoms with van der Waals surface area (Å²) in [6, 6.07) is 8.12. The van der Waals surface area contributed by atoms with Gasteiger partial charge in [0.15, 0.2) is 0 Å². The second-order valence-corrected chi connectivity index (χ2v) is 6.46. The lowest BCUT2D eigenvalue weighted by Gasteiger charge is -2.22. The first-order chi connectivity index (χ1) is 11.2. The van der Waals surface area contributed by atoms with E-state index in [1.165, 1.54) is 0 Å². The lowest BCUT2D eigenvalue weighted by molar-refractivity contribution is -0.128. The molecule has 0 bridgehead atoms. The number of carbonyl (C=O) groups is 2. The van der Waals surface area contributed by atoms with Gasteiger partial charge in [-0.25, -0.2) is 0 Å². The molecule has 2 amide bonds. The molecule has 2 fully saturated rings. The van der Waals surface area contributed by atoms with Crippen LogP contribution in [0.25, 0.3) is 0 Å². The first-order valence-electron chi connectivity index (χ1n) is 8.59. The zero-order valence-electron chi connectivity index (χ0n) is 13.5. The number of piperidine rings is 1. The number of rotatable bonds is 5. The van der Waals surface area contributed by atoms with E-state index in [1.54, 1.807) is 0 Å². The Hall–Kier alpha value is -1.88. The predicted octanol–water partition coefficient (Wildman–Crippen LogP) is 1.57. The molecule has 1 aromatic rings. The normalized spacial score (nSPS) is 21.5. The zero-order valence-corrected chi connectivity index (χ0v) is 13.5. The van der Waals surface area contributed by atoms with Gasteiger partial charge < -0.3 is 15.5 Å². The molecule has 2 aliphatic heterocycles. The number of carbonyl (C=O) groups excluding carboxylic acids is 2. The summed E-state index contributed by atoms with van der Waals surface area (Å²) in [5, 5.41) is 6.26. The summed E-state index contributed by atoms with van der Waals surface area (Å²) in [5.74, 6) is 0.345. The van der Waals surface area contributed by atoms with Crippen molar-refractivity contribution < 1.29 is 9.59 Å². The molecular formula is C18H25N3O2. The third-order valence-electron chi connectivity index (χ3n) is 4.66. The molecule has 0 aromatic heterocycles. The van der Waals surface area contributed by atoms with Crippen LogP contribution in [0.2, 0.25) is 0 Å². The minimum atomic E-state index is -0.0378. The van der Waals surface area contributed by atoms with Crippen molar-refractivity contribution >= 4 is 11.8 Å². The summed E-state index contributed by atoms with van der Waals surface area (Å²) in [6.07, 6.45) is 4.85. The minimum Gasteiger partial charge on any atom is -0.351 e. The van der Waals surface area contributed by atoms with Gasteiger partial charge in [0.05, 0.1) is 6.04 Å². The summed E-state index contributed by atoms with van der Waals surface area (Å²) in [5.41, 5.74) is 2.23. The maximum atomic E-state index is 12.1. The van der Waals surface area contributed by atoms with Gasteiger partial charge in [0, 0.05) is 26.1 Å². The van der Waals surface area contributed by atoms with E-state index in [2.05, 4.69) is 10.6 Å². The van der Waals surface area contributed by atoms with Crippen LogP contribution in [0.1, 0.15) is 43.2 Å². The van der Waals surface area contributed by atoms with E-state index in [-0.39, 0.29) is 17.9 Å². The zero-order chi connectivity index (χ0) is 16.1. The summed E-state index contributed by atoms with van der Waals surface area (Å²) in [6.45, 7) is 3.05. The van der Waals surface area contributed by atoms with Crippen molar-refractivity contribution in [2.24, 2.45) is 0 Å². The molecule has 2 saturated heterocycles. The Morgan fingerprint density at radius 1 is 1.17 bits per heavy atom. The van der Waals surface area contributed by atoms with Crippen molar-refractivity contribution in [3.05, 3.63) is 35.4 Å². The number of amides is 2. The quantitative estimate of drug-likeness (QED) is 0.867. The number of nitrogens with one attached hydrogen (secondary N) is 2. The molecule has 3 rings (SSSR count).